The van der Waals surface area contributed by atoms with E-state index < -0.39 is 23.9 Å². The first kappa shape index (κ1) is 61.1. The van der Waals surface area contributed by atoms with E-state index in [9.17, 15) is 28.7 Å². The molecule has 7 aromatic heterocycles. The molecule has 438 valence electrons. The average Bonchev–Trinajstić information content (AvgIpc) is 4.01. The van der Waals surface area contributed by atoms with Crippen LogP contribution in [0, 0.1) is 5.82 Å². The van der Waals surface area contributed by atoms with Gasteiger partial charge in [-0.05, 0) is 52.5 Å². The Kier molecular flexibility index (Phi) is 22.0. The smallest absolute Gasteiger partial charge is 0.414 e. The second-order valence-electron chi connectivity index (χ2n) is 18.3. The summed E-state index contributed by atoms with van der Waals surface area (Å²) < 4.78 is 32.5. The number of halogens is 1. The van der Waals surface area contributed by atoms with Crippen LogP contribution in [0.25, 0.3) is 34.6 Å². The Bertz CT molecular complexity index is 3520. The molecule has 10 heterocycles. The zero-order valence-corrected chi connectivity index (χ0v) is 45.3. The summed E-state index contributed by atoms with van der Waals surface area (Å²) in [7, 11) is 0. The Balaban J connectivity index is 0.000000171. The van der Waals surface area contributed by atoms with Crippen molar-refractivity contribution in [3.8, 4) is 34.6 Å². The van der Waals surface area contributed by atoms with E-state index in [0.29, 0.717) is 91.5 Å². The van der Waals surface area contributed by atoms with Crippen LogP contribution in [0.4, 0.5) is 4.39 Å². The Morgan fingerprint density at radius 1 is 0.723 bits per heavy atom. The number of carbonyl (C=O) groups is 3. The number of carbonyl (C=O) groups excluding carboxylic acids is 1. The molecule has 8 aromatic rings. The van der Waals surface area contributed by atoms with Gasteiger partial charge in [0.1, 0.15) is 34.7 Å². The van der Waals surface area contributed by atoms with Crippen molar-refractivity contribution in [2.75, 3.05) is 13.2 Å². The number of hydrogen-bond donors (Lipinski definition) is 6. The molecule has 0 saturated carbocycles. The van der Waals surface area contributed by atoms with Crippen LogP contribution in [0.3, 0.4) is 0 Å². The fourth-order valence-electron chi connectivity index (χ4n) is 8.96. The van der Waals surface area contributed by atoms with Crippen LogP contribution >= 0.6 is 0 Å². The summed E-state index contributed by atoms with van der Waals surface area (Å²) in [5, 5.41) is 40.7. The lowest BCUT2D eigenvalue weighted by molar-refractivity contribution is -0.159. The number of rotatable bonds is 16. The molecule has 7 N–H and O–H groups in total. The molecule has 11 rings (SSSR count). The number of hydrogen-bond acceptors (Lipinski definition) is 22. The largest absolute Gasteiger partial charge is 0.473 e. The Hall–Kier alpha value is -9.50. The summed E-state index contributed by atoms with van der Waals surface area (Å²) in [6.07, 6.45) is 21.7. The minimum Gasteiger partial charge on any atom is -0.473 e. The normalized spacial score (nSPS) is 16.9. The molecular weight excluding hydrogens is 1090 g/mol. The monoisotopic (exact) mass is 1150 g/mol. The number of aliphatic hydroxyl groups excluding tert-OH is 1. The van der Waals surface area contributed by atoms with Crippen molar-refractivity contribution in [3.05, 3.63) is 147 Å². The van der Waals surface area contributed by atoms with Gasteiger partial charge in [0, 0.05) is 93.4 Å². The van der Waals surface area contributed by atoms with Crippen LogP contribution in [-0.4, -0.2) is 165 Å². The van der Waals surface area contributed by atoms with Gasteiger partial charge in [0.15, 0.2) is 17.5 Å². The van der Waals surface area contributed by atoms with Gasteiger partial charge in [-0.15, -0.1) is 10.2 Å². The molecule has 0 spiro atoms. The number of nitrogens with zero attached hydrogens (tertiary/aromatic N) is 17. The van der Waals surface area contributed by atoms with Crippen molar-refractivity contribution in [1.82, 2.24) is 93.7 Å². The number of piperidine rings is 1. The third-order valence-corrected chi connectivity index (χ3v) is 12.9. The number of aliphatic carboxylic acids is 2. The van der Waals surface area contributed by atoms with E-state index in [1.807, 2.05) is 32.3 Å². The fourth-order valence-corrected chi connectivity index (χ4v) is 8.96. The SMILES string of the molecule is CCn1c(-c2cnccn2)n[nH]c1=O.CCn1c(-c2cnccn2)nn(CC(O)CN2C3CCC2CC(OCc2ccccc2F)C3)c1=O.CCn1c(-c2cnccn2)nn(CC2CO2)c1=O.NNC(=O)c1cnccn1.O=C(O)C(=O)O. The van der Waals surface area contributed by atoms with Crippen molar-refractivity contribution >= 4 is 17.8 Å². The highest BCUT2D eigenvalue weighted by Crippen LogP contribution is 2.37. The highest BCUT2D eigenvalue weighted by Gasteiger charge is 2.42. The number of aromatic nitrogens is 17. The maximum absolute atomic E-state index is 13.9. The zero-order valence-electron chi connectivity index (χ0n) is 45.3. The number of nitrogens with one attached hydrogen (secondary N) is 2. The summed E-state index contributed by atoms with van der Waals surface area (Å²) >= 11 is 0. The molecule has 4 atom stereocenters. The van der Waals surface area contributed by atoms with Gasteiger partial charge >= 0.3 is 29.0 Å². The number of hydrazine groups is 1. The van der Waals surface area contributed by atoms with E-state index in [-0.39, 0.29) is 53.9 Å². The van der Waals surface area contributed by atoms with Crippen molar-refractivity contribution in [1.29, 1.82) is 0 Å². The van der Waals surface area contributed by atoms with Gasteiger partial charge in [-0.3, -0.25) is 48.8 Å². The molecule has 3 aliphatic heterocycles. The molecule has 1 aromatic carbocycles. The van der Waals surface area contributed by atoms with Crippen LogP contribution in [0.1, 0.15) is 62.5 Å². The summed E-state index contributed by atoms with van der Waals surface area (Å²) in [6.45, 7) is 9.27. The number of epoxide rings is 1. The number of carboxylic acid groups (broad SMARTS) is 2. The van der Waals surface area contributed by atoms with E-state index in [1.54, 1.807) is 77.0 Å². The fraction of sp³-hybridized carbons (Fsp3) is 0.392. The molecule has 3 saturated heterocycles. The van der Waals surface area contributed by atoms with Crippen LogP contribution in [0.15, 0.2) is 113 Å². The number of carboxylic acids is 2. The summed E-state index contributed by atoms with van der Waals surface area (Å²) in [5.41, 5.74) is 3.82. The molecule has 31 nitrogen and oxygen atoms in total. The molecule has 4 unspecified atom stereocenters. The average molecular weight is 1150 g/mol. The molecule has 0 radical (unpaired) electrons. The number of amides is 1. The lowest BCUT2D eigenvalue weighted by Crippen LogP contribution is -2.49. The van der Waals surface area contributed by atoms with Crippen LogP contribution in [-0.2, 0) is 58.4 Å². The van der Waals surface area contributed by atoms with Crippen molar-refractivity contribution in [3.63, 3.8) is 0 Å². The predicted octanol–water partition coefficient (Wildman–Crippen LogP) is 0.438. The van der Waals surface area contributed by atoms with E-state index in [0.717, 1.165) is 25.7 Å². The second-order valence-corrected chi connectivity index (χ2v) is 18.3. The maximum Gasteiger partial charge on any atom is 0.414 e. The van der Waals surface area contributed by atoms with Gasteiger partial charge in [-0.2, -0.15) is 5.10 Å². The quantitative estimate of drug-likeness (QED) is 0.0251. The number of nitrogens with two attached hydrogens (primary N) is 1. The topological polar surface area (TPSA) is 408 Å². The van der Waals surface area contributed by atoms with Crippen LogP contribution in [0.5, 0.6) is 0 Å². The Labute approximate surface area is 470 Å². The van der Waals surface area contributed by atoms with Crippen LogP contribution < -0.4 is 28.3 Å². The number of fused-ring (bicyclic) bond motifs is 2. The van der Waals surface area contributed by atoms with E-state index in [2.05, 4.69) is 65.2 Å². The maximum atomic E-state index is 13.9. The summed E-state index contributed by atoms with van der Waals surface area (Å²) in [6, 6.07) is 7.34. The van der Waals surface area contributed by atoms with Gasteiger partial charge < -0.3 is 24.8 Å². The number of ether oxygens (including phenoxy) is 2. The lowest BCUT2D eigenvalue weighted by Gasteiger charge is -2.39. The molecule has 1 amide bonds. The number of H-pyrrole nitrogens is 1. The van der Waals surface area contributed by atoms with Gasteiger partial charge in [0.05, 0.1) is 63.3 Å². The number of nitrogen functional groups attached to an aromatic ring is 1. The molecule has 0 aliphatic carbocycles. The minimum atomic E-state index is -1.82. The third kappa shape index (κ3) is 16.6. The zero-order chi connectivity index (χ0) is 59.4. The summed E-state index contributed by atoms with van der Waals surface area (Å²) in [4.78, 5) is 99.3. The lowest BCUT2D eigenvalue weighted by atomic mass is 9.99. The Morgan fingerprint density at radius 2 is 1.23 bits per heavy atom. The van der Waals surface area contributed by atoms with Gasteiger partial charge in [-0.1, -0.05) is 18.2 Å². The van der Waals surface area contributed by atoms with Crippen molar-refractivity contribution < 1.29 is 43.6 Å². The van der Waals surface area contributed by atoms with E-state index in [1.165, 1.54) is 38.6 Å². The standard InChI is InChI=1S/C25H31FN6O3.C11H13N5O2.C8H9N5O.C5H6N4O.C2H2O4/c1-2-30-24(23-13-27-9-10-28-23)29-32(25(30)34)15-20(33)14-31-18-7-8-19(31)12-21(11-18)35-16-17-5-3-4-6-22(17)26;1-2-15-10(9-5-12-3-4-13-9)14-16(11(15)17)6-8-7-18-8;1-2-13-7(11-12-8(13)14)6-5-9-3-4-10-6;6-9-5(10)4-3-7-1-2-8-4;3-1(4)2(5)6/h3-6,9-10,13,18-21,33H,2,7-8,11-12,14-16H2,1H3;3-5,8H,2,6-7H2,1H3;3-5H,2H2,1H3,(H,12,14);1-3H,6H2,(H,9,10);(H,3,4)(H,5,6). The van der Waals surface area contributed by atoms with Gasteiger partial charge in [-0.25, -0.2) is 68.6 Å². The first-order valence-corrected chi connectivity index (χ1v) is 26.1. The summed E-state index contributed by atoms with van der Waals surface area (Å²) in [5.74, 6) is 2.04. The third-order valence-electron chi connectivity index (χ3n) is 12.9. The highest BCUT2D eigenvalue weighted by atomic mass is 19.1. The molecule has 3 aliphatic rings. The van der Waals surface area contributed by atoms with Crippen molar-refractivity contribution in [2.24, 2.45) is 5.84 Å². The minimum absolute atomic E-state index is 0.0814. The first-order chi connectivity index (χ1) is 40.1. The number of benzene rings is 1. The number of aliphatic hydroxyl groups is 1. The van der Waals surface area contributed by atoms with Gasteiger partial charge in [0.25, 0.3) is 5.91 Å². The van der Waals surface area contributed by atoms with Crippen molar-refractivity contribution in [2.45, 2.75) is 116 Å². The van der Waals surface area contributed by atoms with E-state index in [4.69, 9.17) is 35.1 Å². The second kappa shape index (κ2) is 29.8. The molecule has 3 fully saturated rings. The Morgan fingerprint density at radius 3 is 1.70 bits per heavy atom. The molecule has 83 heavy (non-hydrogen) atoms. The van der Waals surface area contributed by atoms with Crippen LogP contribution in [0.2, 0.25) is 0 Å². The molecule has 32 heteroatoms. The highest BCUT2D eigenvalue weighted by molar-refractivity contribution is 6.27. The van der Waals surface area contributed by atoms with Gasteiger partial charge in [0.2, 0.25) is 0 Å². The molecule has 2 bridgehead atoms. The molecular formula is C51H61FN20O11. The number of aromatic amines is 1. The first-order valence-electron chi connectivity index (χ1n) is 26.1. The predicted molar refractivity (Wildman–Crippen MR) is 288 cm³/mol. The van der Waals surface area contributed by atoms with E-state index >= 15 is 0 Å².